The van der Waals surface area contributed by atoms with E-state index in [1.54, 1.807) is 0 Å². The Hall–Kier alpha value is -0.780. The Morgan fingerprint density at radius 2 is 1.53 bits per heavy atom. The van der Waals surface area contributed by atoms with Gasteiger partial charge in [0.1, 0.15) is 0 Å². The zero-order valence-electron chi connectivity index (χ0n) is 11.1. The van der Waals surface area contributed by atoms with E-state index in [1.165, 1.54) is 18.4 Å². The average Bonchev–Trinajstić information content (AvgIpc) is 2.10. The summed E-state index contributed by atoms with van der Waals surface area (Å²) in [5.41, 5.74) is 1.88. The van der Waals surface area contributed by atoms with Gasteiger partial charge in [-0.15, -0.1) is 0 Å². The molecule has 0 atom stereocenters. The monoisotopic (exact) mass is 206 g/mol. The Morgan fingerprint density at radius 3 is 1.87 bits per heavy atom. The van der Waals surface area contributed by atoms with E-state index in [2.05, 4.69) is 53.9 Å². The summed E-state index contributed by atoms with van der Waals surface area (Å²) < 4.78 is 0. The number of hydrogen-bond acceptors (Lipinski definition) is 0. The first-order valence-electron chi connectivity index (χ1n) is 5.68. The summed E-state index contributed by atoms with van der Waals surface area (Å²) >= 11 is 0. The van der Waals surface area contributed by atoms with E-state index in [1.807, 2.05) is 12.2 Å². The van der Waals surface area contributed by atoms with Crippen LogP contribution in [0.1, 0.15) is 47.5 Å². The van der Waals surface area contributed by atoms with E-state index in [0.29, 0.717) is 5.41 Å². The van der Waals surface area contributed by atoms with E-state index in [-0.39, 0.29) is 5.41 Å². The van der Waals surface area contributed by atoms with Gasteiger partial charge in [-0.05, 0) is 29.2 Å². The highest BCUT2D eigenvalue weighted by molar-refractivity contribution is 5.27. The molecule has 0 unspecified atom stereocenters. The molecule has 15 heavy (non-hydrogen) atoms. The Morgan fingerprint density at radius 1 is 1.00 bits per heavy atom. The molecule has 0 amide bonds. The van der Waals surface area contributed by atoms with Crippen LogP contribution in [-0.2, 0) is 0 Å². The molecule has 0 aromatic rings. The molecule has 0 aromatic heterocycles. The smallest absolute Gasteiger partial charge is 0.0104 e. The lowest BCUT2D eigenvalue weighted by Gasteiger charge is -2.30. The second-order valence-corrected chi connectivity index (χ2v) is 6.01. The van der Waals surface area contributed by atoms with Gasteiger partial charge in [-0.3, -0.25) is 0 Å². The third kappa shape index (κ3) is 5.61. The Kier molecular flexibility index (Phi) is 5.07. The van der Waals surface area contributed by atoms with E-state index in [4.69, 9.17) is 0 Å². The first-order valence-corrected chi connectivity index (χ1v) is 5.68. The van der Waals surface area contributed by atoms with Crippen molar-refractivity contribution < 1.29 is 0 Å². The lowest BCUT2D eigenvalue weighted by Crippen LogP contribution is -2.17. The summed E-state index contributed by atoms with van der Waals surface area (Å²) in [5, 5.41) is 0. The maximum atomic E-state index is 3.87. The zero-order valence-corrected chi connectivity index (χ0v) is 11.1. The van der Waals surface area contributed by atoms with Crippen molar-refractivity contribution >= 4 is 0 Å². The van der Waals surface area contributed by atoms with Crippen LogP contribution in [0.4, 0.5) is 0 Å². The van der Waals surface area contributed by atoms with Crippen LogP contribution >= 0.6 is 0 Å². The predicted molar refractivity (Wildman–Crippen MR) is 70.9 cm³/mol. The summed E-state index contributed by atoms with van der Waals surface area (Å²) in [6, 6.07) is 0. The van der Waals surface area contributed by atoms with Crippen LogP contribution in [0.3, 0.4) is 0 Å². The van der Waals surface area contributed by atoms with Gasteiger partial charge >= 0.3 is 0 Å². The van der Waals surface area contributed by atoms with Crippen molar-refractivity contribution in [1.29, 1.82) is 0 Å². The highest BCUT2D eigenvalue weighted by Crippen LogP contribution is 2.36. The average molecular weight is 206 g/mol. The van der Waals surface area contributed by atoms with Crippen molar-refractivity contribution in [2.24, 2.45) is 10.8 Å². The maximum absolute atomic E-state index is 3.87. The molecule has 0 N–H and O–H groups in total. The Labute approximate surface area is 95.8 Å². The molecule has 0 heterocycles. The quantitative estimate of drug-likeness (QED) is 0.546. The van der Waals surface area contributed by atoms with Gasteiger partial charge in [0, 0.05) is 0 Å². The summed E-state index contributed by atoms with van der Waals surface area (Å²) in [6.45, 7) is 19.0. The van der Waals surface area contributed by atoms with E-state index < -0.39 is 0 Å². The van der Waals surface area contributed by atoms with Crippen LogP contribution in [0.25, 0.3) is 0 Å². The predicted octanol–water partition coefficient (Wildman–Crippen LogP) is 5.14. The third-order valence-corrected chi connectivity index (χ3v) is 2.80. The first kappa shape index (κ1) is 14.2. The fourth-order valence-electron chi connectivity index (χ4n) is 1.53. The molecule has 0 aliphatic heterocycles. The minimum absolute atomic E-state index is 0.198. The van der Waals surface area contributed by atoms with Gasteiger partial charge in [-0.1, -0.05) is 66.0 Å². The molecule has 0 saturated carbocycles. The third-order valence-electron chi connectivity index (χ3n) is 2.80. The van der Waals surface area contributed by atoms with Crippen LogP contribution in [0.5, 0.6) is 0 Å². The number of rotatable bonds is 5. The van der Waals surface area contributed by atoms with Crippen molar-refractivity contribution in [3.8, 4) is 0 Å². The van der Waals surface area contributed by atoms with Gasteiger partial charge in [0.25, 0.3) is 0 Å². The maximum Gasteiger partial charge on any atom is -0.0104 e. The largest absolute Gasteiger partial charge is 0.0991 e. The second-order valence-electron chi connectivity index (χ2n) is 6.01. The summed E-state index contributed by atoms with van der Waals surface area (Å²) in [6.07, 6.45) is 8.26. The highest BCUT2D eigenvalue weighted by atomic mass is 14.3. The van der Waals surface area contributed by atoms with E-state index in [0.717, 1.165) is 0 Å². The lowest BCUT2D eigenvalue weighted by atomic mass is 9.75. The molecule has 0 nitrogen and oxygen atoms in total. The van der Waals surface area contributed by atoms with Crippen molar-refractivity contribution in [2.45, 2.75) is 47.5 Å². The van der Waals surface area contributed by atoms with E-state index in [9.17, 15) is 0 Å². The standard InChI is InChI=1S/C15H26/c1-8-10-13(9-2)15(6,7)12-11-14(3,4)5/h8-10H,1-2,11-12H2,3-7H3/b13-10+. The molecule has 0 saturated heterocycles. The fraction of sp³-hybridized carbons (Fsp3) is 0.600. The molecule has 0 bridgehead atoms. The molecule has 0 aliphatic carbocycles. The Balaban J connectivity index is 4.59. The van der Waals surface area contributed by atoms with Crippen LogP contribution in [-0.4, -0.2) is 0 Å². The fourth-order valence-corrected chi connectivity index (χ4v) is 1.53. The molecule has 0 spiro atoms. The minimum Gasteiger partial charge on any atom is -0.0991 e. The van der Waals surface area contributed by atoms with Crippen LogP contribution in [0.2, 0.25) is 0 Å². The normalized spacial score (nSPS) is 13.8. The zero-order chi connectivity index (χ0) is 12.1. The molecule has 0 aliphatic rings. The minimum atomic E-state index is 0.198. The second kappa shape index (κ2) is 5.34. The van der Waals surface area contributed by atoms with Crippen molar-refractivity contribution in [3.63, 3.8) is 0 Å². The lowest BCUT2D eigenvalue weighted by molar-refractivity contribution is 0.292. The van der Waals surface area contributed by atoms with Gasteiger partial charge in [0.05, 0.1) is 0 Å². The Bertz CT molecular complexity index is 246. The molecule has 0 radical (unpaired) electrons. The van der Waals surface area contributed by atoms with Gasteiger partial charge in [0.15, 0.2) is 0 Å². The van der Waals surface area contributed by atoms with Gasteiger partial charge < -0.3 is 0 Å². The topological polar surface area (TPSA) is 0 Å². The molecule has 86 valence electrons. The molecular weight excluding hydrogens is 180 g/mol. The van der Waals surface area contributed by atoms with Gasteiger partial charge in [-0.2, -0.15) is 0 Å². The highest BCUT2D eigenvalue weighted by Gasteiger charge is 2.23. The van der Waals surface area contributed by atoms with E-state index >= 15 is 0 Å². The summed E-state index contributed by atoms with van der Waals surface area (Å²) in [7, 11) is 0. The van der Waals surface area contributed by atoms with Crippen LogP contribution < -0.4 is 0 Å². The number of allylic oxidation sites excluding steroid dienone is 4. The summed E-state index contributed by atoms with van der Waals surface area (Å²) in [4.78, 5) is 0. The van der Waals surface area contributed by atoms with Gasteiger partial charge in [0.2, 0.25) is 0 Å². The number of hydrogen-bond donors (Lipinski definition) is 0. The van der Waals surface area contributed by atoms with Crippen molar-refractivity contribution in [3.05, 3.63) is 37.0 Å². The molecule has 0 aromatic carbocycles. The SMILES string of the molecule is C=C/C=C(\C=C)C(C)(C)CCC(C)(C)C. The first-order chi connectivity index (χ1) is 6.73. The van der Waals surface area contributed by atoms with Crippen molar-refractivity contribution in [2.75, 3.05) is 0 Å². The summed E-state index contributed by atoms with van der Waals surface area (Å²) in [5.74, 6) is 0. The van der Waals surface area contributed by atoms with Crippen LogP contribution in [0, 0.1) is 10.8 Å². The van der Waals surface area contributed by atoms with Gasteiger partial charge in [-0.25, -0.2) is 0 Å². The molecule has 0 rings (SSSR count). The molecule has 0 heteroatoms. The molecular formula is C15H26. The van der Waals surface area contributed by atoms with Crippen LogP contribution in [0.15, 0.2) is 37.0 Å². The van der Waals surface area contributed by atoms with Crippen molar-refractivity contribution in [1.82, 2.24) is 0 Å². The molecule has 0 fully saturated rings.